The molecule has 158 valence electrons. The van der Waals surface area contributed by atoms with Crippen LogP contribution in [-0.4, -0.2) is 27.4 Å². The minimum atomic E-state index is -1.36. The van der Waals surface area contributed by atoms with Crippen molar-refractivity contribution in [2.45, 2.75) is 52.3 Å². The summed E-state index contributed by atoms with van der Waals surface area (Å²) in [6.45, 7) is 9.04. The molecule has 3 aromatic rings. The third kappa shape index (κ3) is 5.33. The number of carbonyl (C=O) groups excluding carboxylic acids is 1. The molecule has 0 fully saturated rings. The van der Waals surface area contributed by atoms with Crippen LogP contribution >= 0.6 is 34.0 Å². The van der Waals surface area contributed by atoms with Crippen LogP contribution in [0.4, 0.5) is 0 Å². The largest absolute Gasteiger partial charge is 0.388 e. The first kappa shape index (κ1) is 23.7. The first-order chi connectivity index (χ1) is 13.7. The van der Waals surface area contributed by atoms with Crippen LogP contribution in [0.3, 0.4) is 0 Å². The van der Waals surface area contributed by atoms with E-state index in [2.05, 4.69) is 41.0 Å². The van der Waals surface area contributed by atoms with E-state index in [4.69, 9.17) is 5.21 Å². The van der Waals surface area contributed by atoms with Crippen LogP contribution in [0.1, 0.15) is 39.5 Å². The van der Waals surface area contributed by atoms with Gasteiger partial charge in [-0.3, -0.25) is 15.3 Å². The summed E-state index contributed by atoms with van der Waals surface area (Å²) in [4.78, 5) is 18.0. The highest BCUT2D eigenvalue weighted by Crippen LogP contribution is 2.39. The lowest BCUT2D eigenvalue weighted by Crippen LogP contribution is -2.65. The van der Waals surface area contributed by atoms with E-state index < -0.39 is 17.0 Å². The van der Waals surface area contributed by atoms with E-state index in [9.17, 15) is 9.90 Å². The first-order valence-corrected chi connectivity index (χ1v) is 11.9. The fraction of sp³-hybridized carbons (Fsp3) is 0.381. The molecule has 0 radical (unpaired) electrons. The lowest BCUT2D eigenvalue weighted by molar-refractivity contribution is -0.145. The van der Waals surface area contributed by atoms with Crippen molar-refractivity contribution in [2.24, 2.45) is 0 Å². The third-order valence-corrected chi connectivity index (χ3v) is 8.10. The summed E-state index contributed by atoms with van der Waals surface area (Å²) in [6.07, 6.45) is 0. The van der Waals surface area contributed by atoms with E-state index in [-0.39, 0.29) is 0 Å². The molecule has 1 amide bonds. The first-order valence-electron chi connectivity index (χ1n) is 9.39. The Morgan fingerprint density at radius 3 is 2.10 bits per heavy atom. The van der Waals surface area contributed by atoms with Gasteiger partial charge in [-0.2, -0.15) is 0 Å². The quantitative estimate of drug-likeness (QED) is 0.287. The number of rotatable bonds is 7. The minimum absolute atomic E-state index is 0.404. The molecule has 0 spiro atoms. The van der Waals surface area contributed by atoms with Gasteiger partial charge in [0, 0.05) is 30.9 Å². The number of hydrogen-bond donors (Lipinski definition) is 4. The Bertz CT molecular complexity index is 910. The predicted octanol–water partition coefficient (Wildman–Crippen LogP) is 5.36. The maximum Gasteiger partial charge on any atom is 0.266 e. The molecular formula is C21H28N2O3S3. The molecule has 0 aliphatic rings. The van der Waals surface area contributed by atoms with Gasteiger partial charge in [0.05, 0.1) is 5.60 Å². The Kier molecular flexibility index (Phi) is 8.16. The van der Waals surface area contributed by atoms with Crippen LogP contribution in [0.2, 0.25) is 0 Å². The van der Waals surface area contributed by atoms with Gasteiger partial charge < -0.3 is 5.11 Å². The van der Waals surface area contributed by atoms with Crippen molar-refractivity contribution >= 4 is 39.9 Å². The number of hydroxylamine groups is 1. The number of nitrogens with one attached hydrogen (secondary N) is 2. The number of thiophene rings is 3. The fourth-order valence-electron chi connectivity index (χ4n) is 2.58. The number of amides is 1. The van der Waals surface area contributed by atoms with Gasteiger partial charge in [-0.25, -0.2) is 5.48 Å². The molecule has 0 aliphatic heterocycles. The van der Waals surface area contributed by atoms with Crippen molar-refractivity contribution in [3.63, 3.8) is 0 Å². The van der Waals surface area contributed by atoms with Crippen molar-refractivity contribution in [3.05, 3.63) is 46.7 Å². The van der Waals surface area contributed by atoms with Gasteiger partial charge in [0.15, 0.2) is 0 Å². The van der Waals surface area contributed by atoms with E-state index >= 15 is 0 Å². The average Bonchev–Trinajstić information content (AvgIpc) is 3.46. The lowest BCUT2D eigenvalue weighted by Gasteiger charge is -2.38. The molecule has 0 saturated carbocycles. The van der Waals surface area contributed by atoms with Gasteiger partial charge in [-0.05, 0) is 56.5 Å². The molecule has 0 aliphatic carbocycles. The molecular weight excluding hydrogens is 424 g/mol. The molecule has 5 nitrogen and oxygen atoms in total. The van der Waals surface area contributed by atoms with E-state index in [0.717, 1.165) is 9.75 Å². The maximum atomic E-state index is 12.1. The second kappa shape index (κ2) is 9.97. The normalized spacial score (nSPS) is 13.3. The predicted molar refractivity (Wildman–Crippen MR) is 124 cm³/mol. The fourth-order valence-corrected chi connectivity index (χ4v) is 5.46. The van der Waals surface area contributed by atoms with Crippen molar-refractivity contribution in [3.8, 4) is 19.5 Å². The maximum absolute atomic E-state index is 12.1. The van der Waals surface area contributed by atoms with Crippen LogP contribution in [0.5, 0.6) is 0 Å². The number of carbonyl (C=O) groups is 1. The van der Waals surface area contributed by atoms with Gasteiger partial charge in [-0.1, -0.05) is 19.9 Å². The molecule has 0 aromatic carbocycles. The van der Waals surface area contributed by atoms with Crippen molar-refractivity contribution in [1.29, 1.82) is 0 Å². The molecule has 0 saturated heterocycles. The SMILES string of the molecule is CC.CC(C)(O)C(C)(NCc1ccc(-c2ccc(-c3cccs3)s2)s1)C(=O)NO. The molecule has 8 heteroatoms. The average molecular weight is 453 g/mol. The summed E-state index contributed by atoms with van der Waals surface area (Å²) in [5.41, 5.74) is -1.05. The minimum Gasteiger partial charge on any atom is -0.388 e. The van der Waals surface area contributed by atoms with Crippen molar-refractivity contribution in [1.82, 2.24) is 10.8 Å². The topological polar surface area (TPSA) is 81.6 Å². The Morgan fingerprint density at radius 2 is 1.55 bits per heavy atom. The van der Waals surface area contributed by atoms with E-state index in [0.29, 0.717) is 6.54 Å². The number of hydrogen-bond acceptors (Lipinski definition) is 7. The summed E-state index contributed by atoms with van der Waals surface area (Å²) in [5, 5.41) is 24.5. The highest BCUT2D eigenvalue weighted by Gasteiger charge is 2.46. The summed E-state index contributed by atoms with van der Waals surface area (Å²) in [7, 11) is 0. The van der Waals surface area contributed by atoms with E-state index in [1.807, 2.05) is 19.9 Å². The molecule has 4 N–H and O–H groups in total. The lowest BCUT2D eigenvalue weighted by atomic mass is 9.83. The Labute approximate surface area is 184 Å². The Balaban J connectivity index is 0.00000145. The van der Waals surface area contributed by atoms with Crippen LogP contribution < -0.4 is 10.8 Å². The smallest absolute Gasteiger partial charge is 0.266 e. The number of aliphatic hydroxyl groups is 1. The van der Waals surface area contributed by atoms with Gasteiger partial charge >= 0.3 is 0 Å². The zero-order valence-corrected chi connectivity index (χ0v) is 19.7. The second-order valence-corrected chi connectivity index (χ2v) is 10.1. The zero-order valence-electron chi connectivity index (χ0n) is 17.3. The highest BCUT2D eigenvalue weighted by molar-refractivity contribution is 7.26. The monoisotopic (exact) mass is 452 g/mol. The molecule has 3 rings (SSSR count). The molecule has 3 heterocycles. The molecule has 29 heavy (non-hydrogen) atoms. The Hall–Kier alpha value is -1.55. The van der Waals surface area contributed by atoms with Crippen LogP contribution in [-0.2, 0) is 11.3 Å². The summed E-state index contributed by atoms with van der Waals surface area (Å²) in [6, 6.07) is 12.5. The standard InChI is InChI=1S/C19H22N2O3S3.C2H6/c1-18(2,23)19(3,17(22)21-24)20-11-12-6-7-15(26-12)16-9-8-14(27-16)13-5-4-10-25-13;1-2/h4-10,20,23-24H,11H2,1-3H3,(H,21,22);1-2H3. The summed E-state index contributed by atoms with van der Waals surface area (Å²) in [5.74, 6) is -0.675. The molecule has 3 aromatic heterocycles. The van der Waals surface area contributed by atoms with Crippen LogP contribution in [0, 0.1) is 0 Å². The highest BCUT2D eigenvalue weighted by atomic mass is 32.1. The third-order valence-electron chi connectivity index (χ3n) is 4.67. The van der Waals surface area contributed by atoms with Crippen LogP contribution in [0.25, 0.3) is 19.5 Å². The molecule has 1 atom stereocenters. The van der Waals surface area contributed by atoms with Gasteiger partial charge in [0.2, 0.25) is 0 Å². The van der Waals surface area contributed by atoms with Crippen LogP contribution in [0.15, 0.2) is 41.8 Å². The second-order valence-electron chi connectivity index (χ2n) is 6.89. The van der Waals surface area contributed by atoms with Gasteiger partial charge in [-0.15, -0.1) is 34.0 Å². The van der Waals surface area contributed by atoms with E-state index in [1.54, 1.807) is 46.4 Å². The Morgan fingerprint density at radius 1 is 0.966 bits per heavy atom. The van der Waals surface area contributed by atoms with Gasteiger partial charge in [0.25, 0.3) is 5.91 Å². The van der Waals surface area contributed by atoms with E-state index in [1.165, 1.54) is 28.5 Å². The zero-order chi connectivity index (χ0) is 21.7. The molecule has 1 unspecified atom stereocenters. The van der Waals surface area contributed by atoms with Crippen molar-refractivity contribution in [2.75, 3.05) is 0 Å². The van der Waals surface area contributed by atoms with Crippen molar-refractivity contribution < 1.29 is 15.1 Å². The van der Waals surface area contributed by atoms with Gasteiger partial charge in [0.1, 0.15) is 5.54 Å². The molecule has 0 bridgehead atoms. The summed E-state index contributed by atoms with van der Waals surface area (Å²) < 4.78 is 0. The summed E-state index contributed by atoms with van der Waals surface area (Å²) >= 11 is 5.13.